The minimum Gasteiger partial charge on any atom is -0.462 e. The first kappa shape index (κ1) is 24.8. The van der Waals surface area contributed by atoms with Gasteiger partial charge in [-0.2, -0.15) is 31.6 Å². The van der Waals surface area contributed by atoms with Crippen molar-refractivity contribution in [1.29, 1.82) is 5.26 Å². The van der Waals surface area contributed by atoms with Crippen molar-refractivity contribution in [2.24, 2.45) is 0 Å². The molecule has 2 aromatic heterocycles. The van der Waals surface area contributed by atoms with Gasteiger partial charge in [0.05, 0.1) is 17.7 Å². The quantitative estimate of drug-likeness (QED) is 0.188. The summed E-state index contributed by atoms with van der Waals surface area (Å²) in [7, 11) is 0. The molecular formula is C23H17F6N3O2. The molecule has 3 aromatic rings. The average Bonchev–Trinajstić information content (AvgIpc) is 3.11. The smallest absolute Gasteiger partial charge is 0.416 e. The molecule has 0 bridgehead atoms. The molecule has 0 atom stereocenters. The Balaban J connectivity index is 2.09. The highest BCUT2D eigenvalue weighted by Crippen LogP contribution is 2.36. The van der Waals surface area contributed by atoms with Crippen LogP contribution in [0, 0.1) is 11.3 Å². The molecule has 0 radical (unpaired) electrons. The van der Waals surface area contributed by atoms with Crippen LogP contribution in [-0.4, -0.2) is 22.1 Å². The fourth-order valence-corrected chi connectivity index (χ4v) is 3.26. The first-order valence-electron chi connectivity index (χ1n) is 9.95. The van der Waals surface area contributed by atoms with Gasteiger partial charge in [-0.1, -0.05) is 6.92 Å². The largest absolute Gasteiger partial charge is 0.462 e. The number of esters is 1. The van der Waals surface area contributed by atoms with Crippen molar-refractivity contribution in [2.75, 3.05) is 6.61 Å². The Kier molecular flexibility index (Phi) is 7.00. The van der Waals surface area contributed by atoms with Gasteiger partial charge in [0.25, 0.3) is 0 Å². The number of hydrogen-bond acceptors (Lipinski definition) is 4. The second kappa shape index (κ2) is 9.59. The van der Waals surface area contributed by atoms with Crippen LogP contribution < -0.4 is 0 Å². The van der Waals surface area contributed by atoms with E-state index in [4.69, 9.17) is 4.74 Å². The molecule has 0 unspecified atom stereocenters. The van der Waals surface area contributed by atoms with Crippen LogP contribution >= 0.6 is 0 Å². The topological polar surface area (TPSA) is 67.9 Å². The summed E-state index contributed by atoms with van der Waals surface area (Å²) in [5, 5.41) is 9.78. The molecule has 0 fully saturated rings. The van der Waals surface area contributed by atoms with Crippen LogP contribution in [0.25, 0.3) is 17.1 Å². The Morgan fingerprint density at radius 3 is 2.35 bits per heavy atom. The number of aromatic nitrogens is 2. The number of nitriles is 1. The Morgan fingerprint density at radius 2 is 1.79 bits per heavy atom. The highest BCUT2D eigenvalue weighted by atomic mass is 19.4. The van der Waals surface area contributed by atoms with Gasteiger partial charge in [0.1, 0.15) is 17.3 Å². The molecule has 178 valence electrons. The van der Waals surface area contributed by atoms with Gasteiger partial charge in [-0.15, -0.1) is 0 Å². The van der Waals surface area contributed by atoms with Crippen LogP contribution in [0.15, 0.2) is 48.3 Å². The van der Waals surface area contributed by atoms with E-state index in [1.165, 1.54) is 23.0 Å². The lowest BCUT2D eigenvalue weighted by Gasteiger charge is -2.14. The monoisotopic (exact) mass is 481 g/mol. The van der Waals surface area contributed by atoms with Gasteiger partial charge in [0.2, 0.25) is 0 Å². The third kappa shape index (κ3) is 5.57. The Hall–Kier alpha value is -3.81. The maximum atomic E-state index is 13.2. The zero-order valence-electron chi connectivity index (χ0n) is 17.7. The Bertz CT molecular complexity index is 1250. The van der Waals surface area contributed by atoms with Gasteiger partial charge < -0.3 is 9.30 Å². The summed E-state index contributed by atoms with van der Waals surface area (Å²) in [5.41, 5.74) is -2.83. The predicted octanol–water partition coefficient (Wildman–Crippen LogP) is 5.98. The van der Waals surface area contributed by atoms with E-state index in [0.29, 0.717) is 29.5 Å². The van der Waals surface area contributed by atoms with E-state index in [0.717, 1.165) is 0 Å². The summed E-state index contributed by atoms with van der Waals surface area (Å²) in [4.78, 5) is 16.2. The molecule has 0 aliphatic rings. The lowest BCUT2D eigenvalue weighted by atomic mass is 10.0. The van der Waals surface area contributed by atoms with Gasteiger partial charge in [0, 0.05) is 29.9 Å². The number of rotatable bonds is 6. The lowest BCUT2D eigenvalue weighted by Crippen LogP contribution is -2.12. The minimum atomic E-state index is -4.97. The van der Waals surface area contributed by atoms with Gasteiger partial charge in [-0.3, -0.25) is 0 Å². The molecule has 0 aliphatic heterocycles. The number of alkyl halides is 6. The van der Waals surface area contributed by atoms with Crippen molar-refractivity contribution in [3.8, 4) is 6.07 Å². The van der Waals surface area contributed by atoms with Crippen LogP contribution in [0.5, 0.6) is 0 Å². The lowest BCUT2D eigenvalue weighted by molar-refractivity contribution is -0.143. The second-order valence-corrected chi connectivity index (χ2v) is 7.31. The van der Waals surface area contributed by atoms with Crippen LogP contribution in [0.2, 0.25) is 0 Å². The van der Waals surface area contributed by atoms with Gasteiger partial charge in [-0.05, 0) is 48.4 Å². The molecule has 0 spiro atoms. The molecule has 3 rings (SSSR count). The predicted molar refractivity (Wildman–Crippen MR) is 110 cm³/mol. The first-order chi connectivity index (χ1) is 15.9. The summed E-state index contributed by atoms with van der Waals surface area (Å²) < 4.78 is 85.6. The van der Waals surface area contributed by atoms with E-state index in [2.05, 4.69) is 4.98 Å². The fourth-order valence-electron chi connectivity index (χ4n) is 3.26. The van der Waals surface area contributed by atoms with E-state index in [1.54, 1.807) is 25.1 Å². The van der Waals surface area contributed by atoms with E-state index in [1.807, 2.05) is 0 Å². The number of carbonyl (C=O) groups is 1. The molecule has 11 heteroatoms. The number of halogens is 6. The van der Waals surface area contributed by atoms with Crippen LogP contribution in [0.3, 0.4) is 0 Å². The zero-order valence-corrected chi connectivity index (χ0v) is 17.7. The van der Waals surface area contributed by atoms with Gasteiger partial charge >= 0.3 is 18.3 Å². The van der Waals surface area contributed by atoms with E-state index >= 15 is 0 Å². The van der Waals surface area contributed by atoms with Crippen LogP contribution in [0.4, 0.5) is 26.3 Å². The van der Waals surface area contributed by atoms with Crippen molar-refractivity contribution in [2.45, 2.75) is 32.2 Å². The normalized spacial score (nSPS) is 12.6. The maximum Gasteiger partial charge on any atom is 0.416 e. The molecule has 0 aliphatic carbocycles. The molecule has 0 saturated carbocycles. The molecule has 5 nitrogen and oxygen atoms in total. The average molecular weight is 481 g/mol. The number of pyridine rings is 1. The van der Waals surface area contributed by atoms with Crippen molar-refractivity contribution in [1.82, 2.24) is 9.55 Å². The maximum absolute atomic E-state index is 13.2. The molecule has 0 N–H and O–H groups in total. The number of carbonyl (C=O) groups excluding carboxylic acids is 1. The number of hydrogen-bond donors (Lipinski definition) is 0. The summed E-state index contributed by atoms with van der Waals surface area (Å²) in [6.45, 7) is 1.52. The van der Waals surface area contributed by atoms with E-state index < -0.39 is 29.4 Å². The van der Waals surface area contributed by atoms with Crippen molar-refractivity contribution >= 4 is 23.1 Å². The van der Waals surface area contributed by atoms with Gasteiger partial charge in [0.15, 0.2) is 0 Å². The molecule has 34 heavy (non-hydrogen) atoms. The number of nitrogens with zero attached hydrogens (tertiary/aromatic N) is 3. The summed E-state index contributed by atoms with van der Waals surface area (Å²) >= 11 is 0. The molecule has 2 heterocycles. The van der Waals surface area contributed by atoms with E-state index in [9.17, 15) is 36.4 Å². The Morgan fingerprint density at radius 1 is 1.15 bits per heavy atom. The highest BCUT2D eigenvalue weighted by Gasteiger charge is 2.36. The number of benzene rings is 1. The number of ether oxygens (including phenoxy) is 1. The van der Waals surface area contributed by atoms with Crippen LogP contribution in [0.1, 0.15) is 35.6 Å². The highest BCUT2D eigenvalue weighted by molar-refractivity contribution is 6.00. The standard InChI is InChI=1S/C23H17F6N3O2/c1-2-6-34-21(33)15(11-30)9-16-13-32(20-19(16)4-3-5-31-20)12-14-7-17(22(24,25)26)10-18(8-14)23(27,28)29/h3-5,7-10,13H,2,6,12H2,1H3/b15-9+. The van der Waals surface area contributed by atoms with Crippen LogP contribution in [-0.2, 0) is 28.4 Å². The molecule has 0 amide bonds. The fraction of sp³-hybridized carbons (Fsp3) is 0.261. The Labute approximate surface area is 189 Å². The van der Waals surface area contributed by atoms with Crippen molar-refractivity contribution in [3.05, 3.63) is 70.6 Å². The minimum absolute atomic E-state index is 0.0603. The SMILES string of the molecule is CCCOC(=O)/C(C#N)=C/c1cn(Cc2cc(C(F)(F)F)cc(C(F)(F)F)c2)c2ncccc12. The van der Waals surface area contributed by atoms with Crippen molar-refractivity contribution in [3.63, 3.8) is 0 Å². The first-order valence-corrected chi connectivity index (χ1v) is 9.95. The van der Waals surface area contributed by atoms with Crippen molar-refractivity contribution < 1.29 is 35.9 Å². The zero-order chi connectivity index (χ0) is 25.1. The third-order valence-electron chi connectivity index (χ3n) is 4.74. The summed E-state index contributed by atoms with van der Waals surface area (Å²) in [5.74, 6) is -0.846. The summed E-state index contributed by atoms with van der Waals surface area (Å²) in [6, 6.07) is 6.25. The molecule has 0 saturated heterocycles. The second-order valence-electron chi connectivity index (χ2n) is 7.31. The summed E-state index contributed by atoms with van der Waals surface area (Å²) in [6.07, 6.45) is -5.35. The van der Waals surface area contributed by atoms with Gasteiger partial charge in [-0.25, -0.2) is 9.78 Å². The van der Waals surface area contributed by atoms with E-state index in [-0.39, 0.29) is 36.0 Å². The molecule has 1 aromatic carbocycles. The third-order valence-corrected chi connectivity index (χ3v) is 4.74. The molecular weight excluding hydrogens is 464 g/mol. The number of fused-ring (bicyclic) bond motifs is 1.